The van der Waals surface area contributed by atoms with Crippen molar-refractivity contribution in [3.05, 3.63) is 58.9 Å². The highest BCUT2D eigenvalue weighted by Crippen LogP contribution is 2.30. The highest BCUT2D eigenvalue weighted by molar-refractivity contribution is 6.14. The maximum absolute atomic E-state index is 13.3. The lowest BCUT2D eigenvalue weighted by atomic mass is 9.98. The predicted molar refractivity (Wildman–Crippen MR) is 78.9 cm³/mol. The van der Waals surface area contributed by atoms with Crippen LogP contribution in [0.25, 0.3) is 6.08 Å². The SMILES string of the molecule is COc1ccc(/C=C2\COc3ccc(F)cc3C2=O)cc1O. The number of carbonyl (C=O) groups is 1. The van der Waals surface area contributed by atoms with E-state index in [0.717, 1.165) is 6.07 Å². The number of halogens is 1. The number of carbonyl (C=O) groups excluding carboxylic acids is 1. The Kier molecular flexibility index (Phi) is 3.55. The van der Waals surface area contributed by atoms with Crippen molar-refractivity contribution in [2.75, 3.05) is 13.7 Å². The second-order valence-electron chi connectivity index (χ2n) is 4.86. The number of hydrogen-bond donors (Lipinski definition) is 1. The quantitative estimate of drug-likeness (QED) is 0.865. The Balaban J connectivity index is 1.96. The summed E-state index contributed by atoms with van der Waals surface area (Å²) in [5.41, 5.74) is 1.23. The fraction of sp³-hybridized carbons (Fsp3) is 0.118. The summed E-state index contributed by atoms with van der Waals surface area (Å²) < 4.78 is 23.7. The van der Waals surface area contributed by atoms with Crippen LogP contribution in [0.2, 0.25) is 0 Å². The molecular formula is C17H13FO4. The number of Topliss-reactive ketones (excluding diaryl/α,β-unsaturated/α-hetero) is 1. The molecule has 0 radical (unpaired) electrons. The number of ether oxygens (including phenoxy) is 2. The first-order valence-corrected chi connectivity index (χ1v) is 6.63. The zero-order valence-corrected chi connectivity index (χ0v) is 11.8. The van der Waals surface area contributed by atoms with Crippen molar-refractivity contribution in [3.63, 3.8) is 0 Å². The minimum atomic E-state index is -0.487. The van der Waals surface area contributed by atoms with Gasteiger partial charge in [0, 0.05) is 5.57 Å². The molecule has 1 aliphatic heterocycles. The van der Waals surface area contributed by atoms with Gasteiger partial charge in [-0.15, -0.1) is 0 Å². The second kappa shape index (κ2) is 5.52. The Labute approximate surface area is 126 Å². The molecule has 4 nitrogen and oxygen atoms in total. The summed E-state index contributed by atoms with van der Waals surface area (Å²) in [7, 11) is 1.46. The van der Waals surface area contributed by atoms with Gasteiger partial charge in [0.05, 0.1) is 12.7 Å². The number of phenolic OH excluding ortho intramolecular Hbond substituents is 1. The first-order valence-electron chi connectivity index (χ1n) is 6.63. The van der Waals surface area contributed by atoms with Crippen molar-refractivity contribution in [2.45, 2.75) is 0 Å². The third kappa shape index (κ3) is 2.53. The second-order valence-corrected chi connectivity index (χ2v) is 4.86. The molecule has 112 valence electrons. The van der Waals surface area contributed by atoms with Gasteiger partial charge in [-0.25, -0.2) is 4.39 Å². The molecule has 1 N–H and O–H groups in total. The van der Waals surface area contributed by atoms with Crippen molar-refractivity contribution in [3.8, 4) is 17.2 Å². The first-order chi connectivity index (χ1) is 10.6. The Hall–Kier alpha value is -2.82. The van der Waals surface area contributed by atoms with Gasteiger partial charge < -0.3 is 14.6 Å². The molecule has 0 amide bonds. The summed E-state index contributed by atoms with van der Waals surface area (Å²) in [6.45, 7) is 0.101. The predicted octanol–water partition coefficient (Wildman–Crippen LogP) is 3.20. The van der Waals surface area contributed by atoms with E-state index >= 15 is 0 Å². The summed E-state index contributed by atoms with van der Waals surface area (Å²) in [4.78, 5) is 12.4. The zero-order valence-electron chi connectivity index (χ0n) is 11.8. The van der Waals surface area contributed by atoms with Gasteiger partial charge in [0.25, 0.3) is 0 Å². The molecule has 0 atom stereocenters. The van der Waals surface area contributed by atoms with Gasteiger partial charge in [0.2, 0.25) is 0 Å². The number of hydrogen-bond acceptors (Lipinski definition) is 4. The van der Waals surface area contributed by atoms with Crippen LogP contribution in [0.4, 0.5) is 4.39 Å². The van der Waals surface area contributed by atoms with Crippen LogP contribution in [0.15, 0.2) is 42.0 Å². The highest BCUT2D eigenvalue weighted by Gasteiger charge is 2.23. The summed E-state index contributed by atoms with van der Waals surface area (Å²) in [5, 5.41) is 9.76. The molecule has 0 bridgehead atoms. The van der Waals surface area contributed by atoms with Crippen LogP contribution >= 0.6 is 0 Å². The lowest BCUT2D eigenvalue weighted by molar-refractivity contribution is 0.1000. The maximum Gasteiger partial charge on any atom is 0.196 e. The van der Waals surface area contributed by atoms with Gasteiger partial charge in [0.15, 0.2) is 17.3 Å². The molecule has 3 rings (SSSR count). The molecule has 1 aliphatic rings. The van der Waals surface area contributed by atoms with Crippen LogP contribution in [0.1, 0.15) is 15.9 Å². The van der Waals surface area contributed by atoms with E-state index in [1.807, 2.05) is 0 Å². The number of phenols is 1. The van der Waals surface area contributed by atoms with Crippen LogP contribution in [0.3, 0.4) is 0 Å². The van der Waals surface area contributed by atoms with Crippen molar-refractivity contribution >= 4 is 11.9 Å². The Morgan fingerprint density at radius 2 is 2.09 bits per heavy atom. The van der Waals surface area contributed by atoms with Crippen molar-refractivity contribution < 1.29 is 23.8 Å². The Bertz CT molecular complexity index is 780. The van der Waals surface area contributed by atoms with Crippen LogP contribution in [0.5, 0.6) is 17.2 Å². The summed E-state index contributed by atoms with van der Waals surface area (Å²) in [6.07, 6.45) is 1.61. The fourth-order valence-electron chi connectivity index (χ4n) is 2.30. The van der Waals surface area contributed by atoms with E-state index in [-0.39, 0.29) is 23.7 Å². The number of benzene rings is 2. The average Bonchev–Trinajstić information content (AvgIpc) is 2.51. The van der Waals surface area contributed by atoms with E-state index in [1.165, 1.54) is 25.3 Å². The van der Waals surface area contributed by atoms with E-state index in [9.17, 15) is 14.3 Å². The van der Waals surface area contributed by atoms with Crippen LogP contribution in [-0.2, 0) is 0 Å². The summed E-state index contributed by atoms with van der Waals surface area (Å²) in [5.74, 6) is -0.0653. The van der Waals surface area contributed by atoms with Gasteiger partial charge in [0.1, 0.15) is 18.2 Å². The minimum absolute atomic E-state index is 0.0209. The highest BCUT2D eigenvalue weighted by atomic mass is 19.1. The summed E-state index contributed by atoms with van der Waals surface area (Å²) in [6, 6.07) is 8.65. The molecule has 2 aromatic rings. The smallest absolute Gasteiger partial charge is 0.196 e. The number of rotatable bonds is 2. The van der Waals surface area contributed by atoms with Crippen LogP contribution in [0, 0.1) is 5.82 Å². The van der Waals surface area contributed by atoms with Crippen LogP contribution in [-0.4, -0.2) is 24.6 Å². The molecule has 0 aromatic heterocycles. The number of methoxy groups -OCH3 is 1. The lowest BCUT2D eigenvalue weighted by Crippen LogP contribution is -2.19. The average molecular weight is 300 g/mol. The molecule has 0 spiro atoms. The maximum atomic E-state index is 13.3. The minimum Gasteiger partial charge on any atom is -0.504 e. The third-order valence-corrected chi connectivity index (χ3v) is 3.40. The molecule has 0 aliphatic carbocycles. The number of aromatic hydroxyl groups is 1. The number of fused-ring (bicyclic) bond motifs is 1. The molecule has 0 unspecified atom stereocenters. The van der Waals surface area contributed by atoms with Gasteiger partial charge in [-0.3, -0.25) is 4.79 Å². The van der Waals surface area contributed by atoms with E-state index in [1.54, 1.807) is 18.2 Å². The largest absolute Gasteiger partial charge is 0.504 e. The monoisotopic (exact) mass is 300 g/mol. The molecule has 5 heteroatoms. The van der Waals surface area contributed by atoms with Gasteiger partial charge >= 0.3 is 0 Å². The van der Waals surface area contributed by atoms with E-state index < -0.39 is 5.82 Å². The Morgan fingerprint density at radius 1 is 1.27 bits per heavy atom. The molecule has 2 aromatic carbocycles. The number of ketones is 1. The lowest BCUT2D eigenvalue weighted by Gasteiger charge is -2.18. The van der Waals surface area contributed by atoms with E-state index in [2.05, 4.69) is 0 Å². The molecule has 22 heavy (non-hydrogen) atoms. The standard InChI is InChI=1S/C17H13FO4/c1-21-16-4-2-10(7-14(16)19)6-11-9-22-15-5-3-12(18)8-13(15)17(11)20/h2-8,19H,9H2,1H3/b11-6+. The van der Waals surface area contributed by atoms with E-state index in [0.29, 0.717) is 22.6 Å². The Morgan fingerprint density at radius 3 is 2.82 bits per heavy atom. The first kappa shape index (κ1) is 14.1. The molecule has 0 saturated heterocycles. The topological polar surface area (TPSA) is 55.8 Å². The van der Waals surface area contributed by atoms with Gasteiger partial charge in [-0.1, -0.05) is 6.07 Å². The molecule has 1 heterocycles. The van der Waals surface area contributed by atoms with Crippen molar-refractivity contribution in [1.29, 1.82) is 0 Å². The summed E-state index contributed by atoms with van der Waals surface area (Å²) >= 11 is 0. The zero-order chi connectivity index (χ0) is 15.7. The van der Waals surface area contributed by atoms with Gasteiger partial charge in [-0.2, -0.15) is 0 Å². The van der Waals surface area contributed by atoms with Gasteiger partial charge in [-0.05, 0) is 42.0 Å². The normalized spacial score (nSPS) is 15.4. The molecule has 0 fully saturated rings. The third-order valence-electron chi connectivity index (χ3n) is 3.40. The molecule has 0 saturated carbocycles. The van der Waals surface area contributed by atoms with Crippen LogP contribution < -0.4 is 9.47 Å². The van der Waals surface area contributed by atoms with E-state index in [4.69, 9.17) is 9.47 Å². The molecular weight excluding hydrogens is 287 g/mol. The van der Waals surface area contributed by atoms with Crippen molar-refractivity contribution in [1.82, 2.24) is 0 Å². The fourth-order valence-corrected chi connectivity index (χ4v) is 2.30. The van der Waals surface area contributed by atoms with Crippen molar-refractivity contribution in [2.24, 2.45) is 0 Å².